The van der Waals surface area contributed by atoms with Crippen molar-refractivity contribution in [2.45, 2.75) is 20.4 Å². The van der Waals surface area contributed by atoms with Crippen LogP contribution in [0.5, 0.6) is 0 Å². The molecule has 21 heavy (non-hydrogen) atoms. The lowest BCUT2D eigenvalue weighted by atomic mass is 10.1. The van der Waals surface area contributed by atoms with Crippen LogP contribution in [-0.2, 0) is 6.54 Å². The van der Waals surface area contributed by atoms with E-state index in [1.54, 1.807) is 12.3 Å². The molecule has 2 heterocycles. The second kappa shape index (κ2) is 5.44. The van der Waals surface area contributed by atoms with Crippen molar-refractivity contribution in [3.05, 3.63) is 53.6 Å². The highest BCUT2D eigenvalue weighted by Crippen LogP contribution is 2.22. The minimum absolute atomic E-state index is 0.476. The van der Waals surface area contributed by atoms with E-state index in [1.165, 1.54) is 11.1 Å². The third-order valence-electron chi connectivity index (χ3n) is 3.35. The molecule has 0 fully saturated rings. The Bertz CT molecular complexity index is 732. The number of benzene rings is 1. The van der Waals surface area contributed by atoms with Crippen LogP contribution < -0.4 is 4.90 Å². The van der Waals surface area contributed by atoms with Crippen molar-refractivity contribution >= 4 is 5.69 Å². The molecule has 0 aliphatic heterocycles. The molecule has 0 bridgehead atoms. The molecule has 5 nitrogen and oxygen atoms in total. The number of furan rings is 1. The number of rotatable bonds is 4. The lowest BCUT2D eigenvalue weighted by Crippen LogP contribution is -2.17. The molecule has 3 rings (SSSR count). The lowest BCUT2D eigenvalue weighted by Gasteiger charge is -2.19. The molecule has 1 aromatic carbocycles. The maximum Gasteiger partial charge on any atom is 0.246 e. The van der Waals surface area contributed by atoms with Crippen molar-refractivity contribution in [3.8, 4) is 11.6 Å². The fourth-order valence-corrected chi connectivity index (χ4v) is 2.35. The van der Waals surface area contributed by atoms with E-state index in [0.717, 1.165) is 5.69 Å². The molecule has 0 atom stereocenters. The van der Waals surface area contributed by atoms with Crippen LogP contribution in [0.3, 0.4) is 0 Å². The molecular weight excluding hydrogens is 266 g/mol. The summed E-state index contributed by atoms with van der Waals surface area (Å²) in [5, 5.41) is 3.94. The topological polar surface area (TPSA) is 55.3 Å². The highest BCUT2D eigenvalue weighted by molar-refractivity contribution is 5.53. The van der Waals surface area contributed by atoms with Crippen LogP contribution in [0.25, 0.3) is 11.6 Å². The van der Waals surface area contributed by atoms with Crippen LogP contribution in [0.2, 0.25) is 0 Å². The minimum Gasteiger partial charge on any atom is -0.461 e. The number of aryl methyl sites for hydroxylation is 2. The summed E-state index contributed by atoms with van der Waals surface area (Å²) in [4.78, 5) is 6.44. The summed E-state index contributed by atoms with van der Waals surface area (Å²) in [7, 11) is 2.01. The third kappa shape index (κ3) is 2.81. The van der Waals surface area contributed by atoms with Gasteiger partial charge in [-0.1, -0.05) is 22.9 Å². The van der Waals surface area contributed by atoms with Crippen molar-refractivity contribution < 1.29 is 8.94 Å². The molecule has 108 valence electrons. The van der Waals surface area contributed by atoms with Crippen molar-refractivity contribution in [1.29, 1.82) is 0 Å². The van der Waals surface area contributed by atoms with Crippen molar-refractivity contribution in [2.75, 3.05) is 11.9 Å². The molecule has 0 amide bonds. The van der Waals surface area contributed by atoms with E-state index in [-0.39, 0.29) is 0 Å². The van der Waals surface area contributed by atoms with Gasteiger partial charge in [-0.05, 0) is 37.6 Å². The van der Waals surface area contributed by atoms with E-state index in [2.05, 4.69) is 47.1 Å². The molecule has 0 saturated heterocycles. The summed E-state index contributed by atoms with van der Waals surface area (Å²) in [6.07, 6.45) is 1.59. The van der Waals surface area contributed by atoms with Gasteiger partial charge in [-0.25, -0.2) is 0 Å². The smallest absolute Gasteiger partial charge is 0.246 e. The lowest BCUT2D eigenvalue weighted by molar-refractivity contribution is 0.377. The Hall–Kier alpha value is -2.56. The Labute approximate surface area is 123 Å². The normalized spacial score (nSPS) is 10.8. The summed E-state index contributed by atoms with van der Waals surface area (Å²) < 4.78 is 10.5. The molecule has 0 saturated carbocycles. The van der Waals surface area contributed by atoms with E-state index < -0.39 is 0 Å². The summed E-state index contributed by atoms with van der Waals surface area (Å²) in [5.74, 6) is 1.65. The first-order valence-corrected chi connectivity index (χ1v) is 6.78. The molecule has 2 aromatic heterocycles. The first-order chi connectivity index (χ1) is 10.1. The van der Waals surface area contributed by atoms with Gasteiger partial charge in [-0.3, -0.25) is 0 Å². The predicted molar refractivity (Wildman–Crippen MR) is 80.0 cm³/mol. The molecule has 0 unspecified atom stereocenters. The Morgan fingerprint density at radius 1 is 1.19 bits per heavy atom. The van der Waals surface area contributed by atoms with Gasteiger partial charge in [-0.15, -0.1) is 0 Å². The van der Waals surface area contributed by atoms with E-state index >= 15 is 0 Å². The zero-order chi connectivity index (χ0) is 14.8. The molecule has 3 aromatic rings. The first-order valence-electron chi connectivity index (χ1n) is 6.78. The quantitative estimate of drug-likeness (QED) is 0.732. The predicted octanol–water partition coefficient (Wildman–Crippen LogP) is 3.58. The van der Waals surface area contributed by atoms with Gasteiger partial charge in [0.15, 0.2) is 5.76 Å². The highest BCUT2D eigenvalue weighted by atomic mass is 16.5. The van der Waals surface area contributed by atoms with Gasteiger partial charge in [0, 0.05) is 12.7 Å². The van der Waals surface area contributed by atoms with E-state index in [4.69, 9.17) is 8.94 Å². The average molecular weight is 283 g/mol. The third-order valence-corrected chi connectivity index (χ3v) is 3.35. The first kappa shape index (κ1) is 13.4. The average Bonchev–Trinajstić information content (AvgIpc) is 3.08. The van der Waals surface area contributed by atoms with Gasteiger partial charge in [0.25, 0.3) is 0 Å². The Kier molecular flexibility index (Phi) is 3.48. The molecule has 0 spiro atoms. The standard InChI is InChI=1S/C16H17N3O2/c1-11-6-7-13(12(2)9-11)19(3)10-15-17-16(18-21-15)14-5-4-8-20-14/h4-9H,10H2,1-3H3. The largest absolute Gasteiger partial charge is 0.461 e. The Balaban J connectivity index is 1.77. The summed E-state index contributed by atoms with van der Waals surface area (Å²) in [5.41, 5.74) is 3.63. The second-order valence-corrected chi connectivity index (χ2v) is 5.14. The molecule has 0 N–H and O–H groups in total. The van der Waals surface area contributed by atoms with Crippen molar-refractivity contribution in [3.63, 3.8) is 0 Å². The van der Waals surface area contributed by atoms with E-state index in [0.29, 0.717) is 24.0 Å². The Morgan fingerprint density at radius 2 is 2.05 bits per heavy atom. The molecule has 0 aliphatic carbocycles. The van der Waals surface area contributed by atoms with Crippen LogP contribution in [-0.4, -0.2) is 17.2 Å². The van der Waals surface area contributed by atoms with E-state index in [1.807, 2.05) is 13.1 Å². The zero-order valence-corrected chi connectivity index (χ0v) is 12.3. The van der Waals surface area contributed by atoms with Gasteiger partial charge in [-0.2, -0.15) is 4.98 Å². The highest BCUT2D eigenvalue weighted by Gasteiger charge is 2.13. The maximum absolute atomic E-state index is 5.28. The van der Waals surface area contributed by atoms with Gasteiger partial charge in [0.05, 0.1) is 12.8 Å². The number of nitrogens with zero attached hydrogens (tertiary/aromatic N) is 3. The summed E-state index contributed by atoms with van der Waals surface area (Å²) in [6, 6.07) is 9.97. The monoisotopic (exact) mass is 283 g/mol. The number of anilines is 1. The van der Waals surface area contributed by atoms with Crippen molar-refractivity contribution in [2.24, 2.45) is 0 Å². The van der Waals surface area contributed by atoms with E-state index in [9.17, 15) is 0 Å². The van der Waals surface area contributed by atoms with Gasteiger partial charge < -0.3 is 13.8 Å². The molecule has 0 radical (unpaired) electrons. The fourth-order valence-electron chi connectivity index (χ4n) is 2.35. The van der Waals surface area contributed by atoms with Crippen LogP contribution in [0.15, 0.2) is 45.5 Å². The van der Waals surface area contributed by atoms with Gasteiger partial charge in [0.1, 0.15) is 0 Å². The summed E-state index contributed by atoms with van der Waals surface area (Å²) >= 11 is 0. The van der Waals surface area contributed by atoms with Crippen LogP contribution in [0.1, 0.15) is 17.0 Å². The van der Waals surface area contributed by atoms with Crippen LogP contribution in [0.4, 0.5) is 5.69 Å². The molecule has 0 aliphatic rings. The molecule has 5 heteroatoms. The van der Waals surface area contributed by atoms with Crippen molar-refractivity contribution in [1.82, 2.24) is 10.1 Å². The SMILES string of the molecule is Cc1ccc(N(C)Cc2nc(-c3ccco3)no2)c(C)c1. The fraction of sp³-hybridized carbons (Fsp3) is 0.250. The maximum atomic E-state index is 5.28. The van der Waals surface area contributed by atoms with Gasteiger partial charge >= 0.3 is 0 Å². The second-order valence-electron chi connectivity index (χ2n) is 5.14. The van der Waals surface area contributed by atoms with Crippen LogP contribution >= 0.6 is 0 Å². The van der Waals surface area contributed by atoms with Gasteiger partial charge in [0.2, 0.25) is 11.7 Å². The summed E-state index contributed by atoms with van der Waals surface area (Å²) in [6.45, 7) is 4.74. The van der Waals surface area contributed by atoms with Crippen LogP contribution in [0, 0.1) is 13.8 Å². The number of hydrogen-bond donors (Lipinski definition) is 0. The number of hydrogen-bond acceptors (Lipinski definition) is 5. The number of aromatic nitrogens is 2. The molecular formula is C16H17N3O2. The minimum atomic E-state index is 0.476. The zero-order valence-electron chi connectivity index (χ0n) is 12.3. The Morgan fingerprint density at radius 3 is 2.76 bits per heavy atom.